The van der Waals surface area contributed by atoms with E-state index in [9.17, 15) is 4.79 Å². The lowest BCUT2D eigenvalue weighted by atomic mass is 10.2. The number of nitrogens with zero attached hydrogens (tertiary/aromatic N) is 2. The lowest BCUT2D eigenvalue weighted by Gasteiger charge is -2.19. The van der Waals surface area contributed by atoms with Crippen molar-refractivity contribution in [2.45, 2.75) is 13.5 Å². The summed E-state index contributed by atoms with van der Waals surface area (Å²) in [5.41, 5.74) is 1.97. The van der Waals surface area contributed by atoms with Gasteiger partial charge in [0.25, 0.3) is 0 Å². The summed E-state index contributed by atoms with van der Waals surface area (Å²) < 4.78 is 11.8. The lowest BCUT2D eigenvalue weighted by molar-refractivity contribution is -0.126. The Labute approximate surface area is 155 Å². The van der Waals surface area contributed by atoms with E-state index in [1.807, 2.05) is 49.4 Å². The minimum atomic E-state index is -0.0376. The Morgan fingerprint density at radius 3 is 2.92 bits per heavy atom. The highest BCUT2D eigenvalue weighted by Gasteiger charge is 2.15. The Kier molecular flexibility index (Phi) is 4.58. The molecule has 132 valence electrons. The molecule has 4 rings (SSSR count). The third kappa shape index (κ3) is 3.41. The molecule has 1 aliphatic rings. The van der Waals surface area contributed by atoms with E-state index >= 15 is 0 Å². The van der Waals surface area contributed by atoms with Gasteiger partial charge in [-0.3, -0.25) is 4.79 Å². The van der Waals surface area contributed by atoms with Gasteiger partial charge in [0, 0.05) is 19.2 Å². The van der Waals surface area contributed by atoms with Crippen LogP contribution in [0.1, 0.15) is 17.5 Å². The Balaban J connectivity index is 1.46. The van der Waals surface area contributed by atoms with Gasteiger partial charge in [-0.1, -0.05) is 18.2 Å². The molecule has 0 spiro atoms. The van der Waals surface area contributed by atoms with E-state index in [-0.39, 0.29) is 12.7 Å². The summed E-state index contributed by atoms with van der Waals surface area (Å²) in [6.45, 7) is 3.37. The highest BCUT2D eigenvalue weighted by atomic mass is 32.1. The number of rotatable bonds is 5. The normalized spacial score (nSPS) is 12.8. The van der Waals surface area contributed by atoms with Crippen molar-refractivity contribution in [3.05, 3.63) is 59.1 Å². The molecule has 0 fully saturated rings. The van der Waals surface area contributed by atoms with Crippen LogP contribution in [-0.2, 0) is 11.3 Å². The second-order valence-corrected chi connectivity index (χ2v) is 6.96. The molecule has 2 aromatic carbocycles. The van der Waals surface area contributed by atoms with E-state index < -0.39 is 0 Å². The summed E-state index contributed by atoms with van der Waals surface area (Å²) in [4.78, 5) is 18.9. The van der Waals surface area contributed by atoms with Crippen LogP contribution in [0, 0.1) is 0 Å². The smallest absolute Gasteiger partial charge is 0.246 e. The molecule has 1 aromatic heterocycles. The molecule has 26 heavy (non-hydrogen) atoms. The van der Waals surface area contributed by atoms with Crippen molar-refractivity contribution in [2.24, 2.45) is 0 Å². The van der Waals surface area contributed by atoms with Gasteiger partial charge in [0.15, 0.2) is 11.5 Å². The average molecular weight is 366 g/mol. The number of carbonyl (C=O) groups excluding carboxylic acids is 1. The zero-order chi connectivity index (χ0) is 17.9. The van der Waals surface area contributed by atoms with Crippen LogP contribution in [0.3, 0.4) is 0 Å². The van der Waals surface area contributed by atoms with Gasteiger partial charge in [-0.25, -0.2) is 4.98 Å². The number of likely N-dealkylation sites (N-methyl/N-ethyl adjacent to an activating group) is 1. The molecule has 0 atom stereocenters. The lowest BCUT2D eigenvalue weighted by Crippen LogP contribution is -2.28. The molecule has 0 N–H and O–H groups in total. The minimum Gasteiger partial charge on any atom is -0.454 e. The van der Waals surface area contributed by atoms with Gasteiger partial charge in [-0.15, -0.1) is 11.3 Å². The van der Waals surface area contributed by atoms with Crippen molar-refractivity contribution in [3.8, 4) is 11.5 Å². The van der Waals surface area contributed by atoms with Gasteiger partial charge in [0.2, 0.25) is 12.7 Å². The summed E-state index contributed by atoms with van der Waals surface area (Å²) in [7, 11) is 0. The quantitative estimate of drug-likeness (QED) is 0.638. The maximum Gasteiger partial charge on any atom is 0.246 e. The molecule has 0 saturated carbocycles. The topological polar surface area (TPSA) is 51.7 Å². The van der Waals surface area contributed by atoms with Gasteiger partial charge >= 0.3 is 0 Å². The van der Waals surface area contributed by atoms with Crippen molar-refractivity contribution in [3.63, 3.8) is 0 Å². The molecule has 2 heterocycles. The van der Waals surface area contributed by atoms with E-state index in [2.05, 4.69) is 4.98 Å². The van der Waals surface area contributed by atoms with E-state index in [1.165, 1.54) is 0 Å². The highest BCUT2D eigenvalue weighted by molar-refractivity contribution is 7.19. The predicted molar refractivity (Wildman–Crippen MR) is 102 cm³/mol. The van der Waals surface area contributed by atoms with Crippen LogP contribution in [0.5, 0.6) is 11.5 Å². The standard InChI is InChI=1S/C20H18N2O3S/c1-2-22(12-14-7-8-16-17(11-14)25-13-24-16)20(23)10-9-19-21-15-5-3-4-6-18(15)26-19/h3-11H,2,12-13H2,1H3. The van der Waals surface area contributed by atoms with Crippen molar-refractivity contribution in [2.75, 3.05) is 13.3 Å². The predicted octanol–water partition coefficient (Wildman–Crippen LogP) is 4.09. The molecule has 1 aliphatic heterocycles. The fourth-order valence-electron chi connectivity index (χ4n) is 2.81. The molecule has 0 radical (unpaired) electrons. The van der Waals surface area contributed by atoms with Gasteiger partial charge in [0.1, 0.15) is 5.01 Å². The van der Waals surface area contributed by atoms with Gasteiger partial charge < -0.3 is 14.4 Å². The second kappa shape index (κ2) is 7.17. The largest absolute Gasteiger partial charge is 0.454 e. The number of thiazole rings is 1. The first-order chi connectivity index (χ1) is 12.7. The number of aromatic nitrogens is 1. The SMILES string of the molecule is CCN(Cc1ccc2c(c1)OCO2)C(=O)C=Cc1nc2ccccc2s1. The van der Waals surface area contributed by atoms with Gasteiger partial charge in [0.05, 0.1) is 10.2 Å². The van der Waals surface area contributed by atoms with E-state index in [0.29, 0.717) is 13.1 Å². The maximum absolute atomic E-state index is 12.6. The number of carbonyl (C=O) groups is 1. The summed E-state index contributed by atoms with van der Waals surface area (Å²) in [6.07, 6.45) is 3.38. The second-order valence-electron chi connectivity index (χ2n) is 5.89. The van der Waals surface area contributed by atoms with Gasteiger partial charge in [-0.05, 0) is 42.8 Å². The molecule has 6 heteroatoms. The van der Waals surface area contributed by atoms with E-state index in [1.54, 1.807) is 28.4 Å². The summed E-state index contributed by atoms with van der Waals surface area (Å²) in [5.74, 6) is 1.44. The van der Waals surface area contributed by atoms with Gasteiger partial charge in [-0.2, -0.15) is 0 Å². The molecule has 1 amide bonds. The van der Waals surface area contributed by atoms with E-state index in [0.717, 1.165) is 32.3 Å². The first-order valence-corrected chi connectivity index (χ1v) is 9.25. The number of hydrogen-bond acceptors (Lipinski definition) is 5. The third-order valence-electron chi connectivity index (χ3n) is 4.18. The van der Waals surface area contributed by atoms with E-state index in [4.69, 9.17) is 9.47 Å². The molecule has 0 bridgehead atoms. The van der Waals surface area contributed by atoms with Crippen LogP contribution in [0.15, 0.2) is 48.5 Å². The fourth-order valence-corrected chi connectivity index (χ4v) is 3.68. The first kappa shape index (κ1) is 16.6. The molecule has 0 unspecified atom stereocenters. The zero-order valence-corrected chi connectivity index (χ0v) is 15.2. The molecule has 0 saturated heterocycles. The molecule has 0 aliphatic carbocycles. The van der Waals surface area contributed by atoms with Crippen molar-refractivity contribution < 1.29 is 14.3 Å². The number of para-hydroxylation sites is 1. The van der Waals surface area contributed by atoms with Crippen LogP contribution in [0.4, 0.5) is 0 Å². The third-order valence-corrected chi connectivity index (χ3v) is 5.18. The highest BCUT2D eigenvalue weighted by Crippen LogP contribution is 2.32. The first-order valence-electron chi connectivity index (χ1n) is 8.44. The molecule has 5 nitrogen and oxygen atoms in total. The van der Waals surface area contributed by atoms with Crippen LogP contribution < -0.4 is 9.47 Å². The number of hydrogen-bond donors (Lipinski definition) is 0. The number of benzene rings is 2. The summed E-state index contributed by atoms with van der Waals surface area (Å²) in [6, 6.07) is 13.7. The average Bonchev–Trinajstić information content (AvgIpc) is 3.29. The fraction of sp³-hybridized carbons (Fsp3) is 0.200. The molecular formula is C20H18N2O3S. The molecule has 3 aromatic rings. The number of amides is 1. The Morgan fingerprint density at radius 1 is 1.23 bits per heavy atom. The van der Waals surface area contributed by atoms with Crippen LogP contribution in [-0.4, -0.2) is 29.1 Å². The Hall–Kier alpha value is -2.86. The van der Waals surface area contributed by atoms with Crippen LogP contribution in [0.25, 0.3) is 16.3 Å². The zero-order valence-electron chi connectivity index (χ0n) is 14.3. The minimum absolute atomic E-state index is 0.0376. The maximum atomic E-state index is 12.6. The number of fused-ring (bicyclic) bond motifs is 2. The monoisotopic (exact) mass is 366 g/mol. The van der Waals surface area contributed by atoms with Crippen molar-refractivity contribution >= 4 is 33.5 Å². The molecular weight excluding hydrogens is 348 g/mol. The van der Waals surface area contributed by atoms with Crippen LogP contribution in [0.2, 0.25) is 0 Å². The van der Waals surface area contributed by atoms with Crippen molar-refractivity contribution in [1.82, 2.24) is 9.88 Å². The summed E-state index contributed by atoms with van der Waals surface area (Å²) >= 11 is 1.58. The van der Waals surface area contributed by atoms with Crippen molar-refractivity contribution in [1.29, 1.82) is 0 Å². The Bertz CT molecular complexity index is 947. The number of ether oxygens (including phenoxy) is 2. The Morgan fingerprint density at radius 2 is 2.08 bits per heavy atom. The summed E-state index contributed by atoms with van der Waals surface area (Å²) in [5, 5.41) is 0.832. The van der Waals surface area contributed by atoms with Crippen LogP contribution >= 0.6 is 11.3 Å².